The van der Waals surface area contributed by atoms with Crippen LogP contribution < -0.4 is 0 Å². The fourth-order valence-corrected chi connectivity index (χ4v) is 12.1. The van der Waals surface area contributed by atoms with Gasteiger partial charge in [0.1, 0.15) is 30.5 Å². The Labute approximate surface area is 284 Å². The van der Waals surface area contributed by atoms with Gasteiger partial charge in [0.05, 0.1) is 18.6 Å². The summed E-state index contributed by atoms with van der Waals surface area (Å²) >= 11 is 0. The van der Waals surface area contributed by atoms with E-state index in [1.165, 1.54) is 21.0 Å². The van der Waals surface area contributed by atoms with Crippen molar-refractivity contribution < 1.29 is 53.1 Å². The molecule has 0 amide bonds. The number of aliphatic hydroxyl groups excluding tert-OH is 1. The maximum atomic E-state index is 14.5. The summed E-state index contributed by atoms with van der Waals surface area (Å²) in [4.78, 5) is 66.8. The maximum Gasteiger partial charge on any atom is 0.338 e. The Balaban J connectivity index is 1.37. The van der Waals surface area contributed by atoms with Crippen LogP contribution in [-0.2, 0) is 42.9 Å². The largest absolute Gasteiger partial charge is 0.466 e. The van der Waals surface area contributed by atoms with Gasteiger partial charge in [0.25, 0.3) is 0 Å². The molecule has 0 radical (unpaired) electrons. The molecular formula is C38H44O11. The zero-order chi connectivity index (χ0) is 35.3. The molecule has 7 aliphatic carbocycles. The summed E-state index contributed by atoms with van der Waals surface area (Å²) in [6.07, 6.45) is 2.50. The molecule has 0 aromatic rings. The van der Waals surface area contributed by atoms with Crippen molar-refractivity contribution in [2.45, 2.75) is 84.5 Å². The van der Waals surface area contributed by atoms with Crippen molar-refractivity contribution in [3.8, 4) is 0 Å². The lowest BCUT2D eigenvalue weighted by molar-refractivity contribution is -0.191. The second-order valence-electron chi connectivity index (χ2n) is 16.2. The van der Waals surface area contributed by atoms with E-state index in [0.29, 0.717) is 24.0 Å². The van der Waals surface area contributed by atoms with Gasteiger partial charge >= 0.3 is 23.9 Å². The molecular weight excluding hydrogens is 632 g/mol. The van der Waals surface area contributed by atoms with E-state index < -0.39 is 75.6 Å². The number of carbonyl (C=O) groups excluding carboxylic acids is 5. The molecule has 8 aliphatic rings. The summed E-state index contributed by atoms with van der Waals surface area (Å²) in [7, 11) is 1.24. The zero-order valence-corrected chi connectivity index (χ0v) is 29.0. The Morgan fingerprint density at radius 1 is 0.980 bits per heavy atom. The van der Waals surface area contributed by atoms with E-state index in [9.17, 15) is 34.2 Å². The van der Waals surface area contributed by atoms with E-state index in [1.807, 2.05) is 6.92 Å². The summed E-state index contributed by atoms with van der Waals surface area (Å²) in [5, 5.41) is 24.4. The van der Waals surface area contributed by atoms with E-state index in [1.54, 1.807) is 19.9 Å². The Morgan fingerprint density at radius 2 is 1.69 bits per heavy atom. The number of rotatable bonds is 6. The van der Waals surface area contributed by atoms with Crippen LogP contribution in [0.2, 0.25) is 0 Å². The van der Waals surface area contributed by atoms with Crippen molar-refractivity contribution >= 4 is 29.7 Å². The quantitative estimate of drug-likeness (QED) is 0.184. The van der Waals surface area contributed by atoms with E-state index in [0.717, 1.165) is 17.6 Å². The molecule has 8 rings (SSSR count). The van der Waals surface area contributed by atoms with Crippen LogP contribution in [0.1, 0.15) is 67.2 Å². The first-order valence-electron chi connectivity index (χ1n) is 17.4. The normalized spacial score (nSPS) is 46.1. The van der Waals surface area contributed by atoms with Crippen LogP contribution in [0.5, 0.6) is 0 Å². The average molecular weight is 677 g/mol. The summed E-state index contributed by atoms with van der Waals surface area (Å²) < 4.78 is 23.0. The number of fused-ring (bicyclic) bond motifs is 7. The van der Waals surface area contributed by atoms with Gasteiger partial charge in [-0.15, -0.1) is 0 Å². The number of methoxy groups -OCH3 is 1. The highest BCUT2D eigenvalue weighted by molar-refractivity contribution is 6.09. The van der Waals surface area contributed by atoms with Crippen LogP contribution in [0.25, 0.3) is 0 Å². The molecule has 1 aliphatic heterocycles. The fourth-order valence-electron chi connectivity index (χ4n) is 12.1. The lowest BCUT2D eigenvalue weighted by atomic mass is 9.42. The van der Waals surface area contributed by atoms with E-state index in [4.69, 9.17) is 18.9 Å². The Bertz CT molecular complexity index is 1800. The number of ether oxygens (including phenoxy) is 4. The fraction of sp³-hybridized carbons (Fsp3) is 0.658. The number of hydrogen-bond acceptors (Lipinski definition) is 11. The third kappa shape index (κ3) is 3.73. The Kier molecular flexibility index (Phi) is 6.67. The van der Waals surface area contributed by atoms with Crippen molar-refractivity contribution in [1.29, 1.82) is 0 Å². The maximum absolute atomic E-state index is 14.5. The van der Waals surface area contributed by atoms with Gasteiger partial charge in [0.2, 0.25) is 0 Å². The molecule has 0 saturated heterocycles. The van der Waals surface area contributed by atoms with Gasteiger partial charge in [0.15, 0.2) is 5.78 Å². The van der Waals surface area contributed by atoms with Gasteiger partial charge in [-0.3, -0.25) is 9.59 Å². The van der Waals surface area contributed by atoms with Crippen molar-refractivity contribution in [2.75, 3.05) is 20.3 Å². The number of carbonyl (C=O) groups is 5. The minimum atomic E-state index is -1.44. The number of Topliss-reactive ketones (excluding diaryl/α,β-unsaturated/α-hetero) is 1. The molecule has 11 nitrogen and oxygen atoms in total. The molecule has 49 heavy (non-hydrogen) atoms. The van der Waals surface area contributed by atoms with Gasteiger partial charge in [0, 0.05) is 40.9 Å². The smallest absolute Gasteiger partial charge is 0.338 e. The van der Waals surface area contributed by atoms with Crippen LogP contribution in [0.3, 0.4) is 0 Å². The van der Waals surface area contributed by atoms with Crippen molar-refractivity contribution in [3.63, 3.8) is 0 Å². The summed E-state index contributed by atoms with van der Waals surface area (Å²) in [6.45, 7) is 9.67. The van der Waals surface area contributed by atoms with Crippen LogP contribution in [-0.4, -0.2) is 77.5 Å². The molecule has 1 spiro atoms. The standard InChI is InChI=1S/C38H44O11/c1-8-15(2)32(42)48-14-37(45)24-11-23(24)35(5)25(37)12-22-20(13-47-17(4)39)34(44)49-38(22)26(35)10-19-18-9-21(18)36(6)28(19)29(38)27(30(40)31(36)41)16(3)33(43)46-7/h8,18,21,23-26,29,31,41,45H,9-14H2,1-7H3/t18?,21?,23?,24?,25?,26?,29?,31?,35-,36-,37-,38-/m0/s1. The van der Waals surface area contributed by atoms with Gasteiger partial charge in [-0.1, -0.05) is 25.5 Å². The molecule has 1 heterocycles. The molecule has 0 aromatic carbocycles. The lowest BCUT2D eigenvalue weighted by Gasteiger charge is -2.63. The van der Waals surface area contributed by atoms with Gasteiger partial charge < -0.3 is 29.2 Å². The number of hydrogen-bond donors (Lipinski definition) is 2. The van der Waals surface area contributed by atoms with Crippen LogP contribution in [0, 0.1) is 52.3 Å². The zero-order valence-electron chi connectivity index (χ0n) is 29.0. The van der Waals surface area contributed by atoms with E-state index in [-0.39, 0.29) is 60.0 Å². The van der Waals surface area contributed by atoms with Crippen molar-refractivity contribution in [3.05, 3.63) is 45.1 Å². The van der Waals surface area contributed by atoms with Crippen LogP contribution in [0.4, 0.5) is 0 Å². The molecule has 0 bridgehead atoms. The third-order valence-corrected chi connectivity index (χ3v) is 14.6. The monoisotopic (exact) mass is 676 g/mol. The minimum Gasteiger partial charge on any atom is -0.466 e. The predicted octanol–water partition coefficient (Wildman–Crippen LogP) is 3.08. The molecule has 0 aromatic heterocycles. The summed E-state index contributed by atoms with van der Waals surface area (Å²) in [6, 6.07) is 0. The van der Waals surface area contributed by atoms with Gasteiger partial charge in [-0.2, -0.15) is 0 Å². The number of aliphatic hydroxyl groups is 2. The molecule has 5 fully saturated rings. The van der Waals surface area contributed by atoms with Crippen molar-refractivity contribution in [2.24, 2.45) is 52.3 Å². The molecule has 5 saturated carbocycles. The van der Waals surface area contributed by atoms with Crippen LogP contribution >= 0.6 is 0 Å². The van der Waals surface area contributed by atoms with Gasteiger partial charge in [-0.05, 0) is 86.7 Å². The highest BCUT2D eigenvalue weighted by atomic mass is 16.6. The SMILES string of the molecule is CC=C(C)C(=O)OC[C@]1(O)C2CC2[C@@]2(C)C1CC1=C(COC(C)=O)C(=O)O[C@@]13C1C(=C(C)C(=O)OC)C(=O)C(O)[C@]4(C)C1=C(CC32)C1CC14. The van der Waals surface area contributed by atoms with E-state index in [2.05, 4.69) is 6.92 Å². The topological polar surface area (TPSA) is 163 Å². The molecule has 262 valence electrons. The first-order valence-corrected chi connectivity index (χ1v) is 17.4. The molecule has 11 heteroatoms. The van der Waals surface area contributed by atoms with Crippen LogP contribution in [0.15, 0.2) is 45.1 Å². The summed E-state index contributed by atoms with van der Waals surface area (Å²) in [5.41, 5.74) is -1.10. The molecule has 2 N–H and O–H groups in total. The van der Waals surface area contributed by atoms with E-state index >= 15 is 0 Å². The lowest BCUT2D eigenvalue weighted by Crippen LogP contribution is -2.67. The minimum absolute atomic E-state index is 0.0209. The number of esters is 4. The Morgan fingerprint density at radius 3 is 2.35 bits per heavy atom. The van der Waals surface area contributed by atoms with Gasteiger partial charge in [-0.25, -0.2) is 14.4 Å². The second kappa shape index (κ2) is 10.0. The number of allylic oxidation sites excluding steroid dienone is 2. The second-order valence-corrected chi connectivity index (χ2v) is 16.2. The average Bonchev–Trinajstić information content (AvgIpc) is 3.98. The highest BCUT2D eigenvalue weighted by Gasteiger charge is 2.84. The first kappa shape index (κ1) is 32.6. The molecule has 8 unspecified atom stereocenters. The molecule has 12 atom stereocenters. The number of ketones is 1. The summed E-state index contributed by atoms with van der Waals surface area (Å²) in [5.74, 6) is -4.77. The predicted molar refractivity (Wildman–Crippen MR) is 170 cm³/mol. The Hall–Kier alpha value is -3.57. The van der Waals surface area contributed by atoms with Crippen molar-refractivity contribution in [1.82, 2.24) is 0 Å². The highest BCUT2D eigenvalue weighted by Crippen LogP contribution is 2.83. The third-order valence-electron chi connectivity index (χ3n) is 14.6. The first-order chi connectivity index (χ1) is 23.0.